The minimum Gasteiger partial charge on any atom is -0.290 e. The highest BCUT2D eigenvalue weighted by atomic mass is 79.9. The molecule has 2 aromatic rings. The number of likely N-dealkylation sites (tertiary alicyclic amines) is 1. The molecule has 1 heterocycles. The van der Waals surface area contributed by atoms with Crippen LogP contribution in [0, 0.1) is 35.5 Å². The Balaban J connectivity index is 1.33. The Morgan fingerprint density at radius 3 is 1.88 bits per heavy atom. The second-order valence-corrected chi connectivity index (χ2v) is 10.9. The van der Waals surface area contributed by atoms with Gasteiger partial charge in [0.1, 0.15) is 6.67 Å². The zero-order valence-electron chi connectivity index (χ0n) is 17.0. The fourth-order valence-electron chi connectivity index (χ4n) is 5.93. The van der Waals surface area contributed by atoms with Crippen LogP contribution in [0.4, 0.5) is 5.69 Å². The number of carbonyl (C=O) groups excluding carboxylic acids is 3. The number of amides is 3. The van der Waals surface area contributed by atoms with Gasteiger partial charge in [-0.3, -0.25) is 24.2 Å². The SMILES string of the molecule is O=C1C2C3C=CC(C4CC34)C2C(=O)N1CN(C(=O)c1ccc(Br)cc1)c1ccc(Br)cc1. The summed E-state index contributed by atoms with van der Waals surface area (Å²) in [6.45, 7) is -0.0734. The summed E-state index contributed by atoms with van der Waals surface area (Å²) in [5.41, 5.74) is 1.14. The summed E-state index contributed by atoms with van der Waals surface area (Å²) < 4.78 is 1.76. The molecule has 3 fully saturated rings. The van der Waals surface area contributed by atoms with Gasteiger partial charge in [-0.15, -0.1) is 0 Å². The van der Waals surface area contributed by atoms with E-state index in [2.05, 4.69) is 44.0 Å². The van der Waals surface area contributed by atoms with Gasteiger partial charge in [0.25, 0.3) is 5.91 Å². The second-order valence-electron chi connectivity index (χ2n) is 9.12. The fourth-order valence-corrected chi connectivity index (χ4v) is 6.46. The maximum Gasteiger partial charge on any atom is 0.259 e. The predicted molar refractivity (Wildman–Crippen MR) is 127 cm³/mol. The van der Waals surface area contributed by atoms with Crippen LogP contribution in [-0.2, 0) is 9.59 Å². The normalized spacial score (nSPS) is 31.5. The second kappa shape index (κ2) is 7.39. The molecule has 1 saturated heterocycles. The van der Waals surface area contributed by atoms with Crippen molar-refractivity contribution < 1.29 is 14.4 Å². The number of nitrogens with zero attached hydrogens (tertiary/aromatic N) is 2. The maximum atomic E-state index is 13.5. The highest BCUT2D eigenvalue weighted by Crippen LogP contribution is 2.65. The number of rotatable bonds is 4. The Labute approximate surface area is 202 Å². The van der Waals surface area contributed by atoms with Gasteiger partial charge in [-0.25, -0.2) is 0 Å². The lowest BCUT2D eigenvalue weighted by Crippen LogP contribution is -2.45. The summed E-state index contributed by atoms with van der Waals surface area (Å²) in [6, 6.07) is 14.4. The number of carbonyl (C=O) groups is 3. The zero-order chi connectivity index (χ0) is 22.1. The van der Waals surface area contributed by atoms with Crippen molar-refractivity contribution >= 4 is 55.3 Å². The average molecular weight is 556 g/mol. The Bertz CT molecular complexity index is 1120. The quantitative estimate of drug-likeness (QED) is 0.399. The first-order chi connectivity index (χ1) is 15.4. The molecule has 2 saturated carbocycles. The van der Waals surface area contributed by atoms with Crippen LogP contribution in [0.15, 0.2) is 69.6 Å². The van der Waals surface area contributed by atoms with Crippen molar-refractivity contribution in [2.75, 3.05) is 11.6 Å². The molecule has 1 aliphatic heterocycles. The standard InChI is InChI=1S/C25H20Br2N2O3/c26-14-3-1-13(2-4-14)23(30)28(16-7-5-15(27)6-8-16)12-29-24(31)21-17-9-10-18(20-11-19(17)20)22(21)25(29)32/h1-10,17-22H,11-12H2. The first-order valence-electron chi connectivity index (χ1n) is 10.8. The van der Waals surface area contributed by atoms with Crippen LogP contribution in [0.1, 0.15) is 16.8 Å². The number of allylic oxidation sites excluding steroid dienone is 2. The van der Waals surface area contributed by atoms with Gasteiger partial charge in [-0.2, -0.15) is 0 Å². The summed E-state index contributed by atoms with van der Waals surface area (Å²) in [7, 11) is 0. The molecule has 7 heteroatoms. The van der Waals surface area contributed by atoms with E-state index in [1.165, 1.54) is 9.80 Å². The third-order valence-corrected chi connectivity index (χ3v) is 8.57. The molecule has 7 rings (SSSR count). The van der Waals surface area contributed by atoms with Crippen LogP contribution in [0.5, 0.6) is 0 Å². The molecular formula is C25H20Br2N2O3. The van der Waals surface area contributed by atoms with E-state index in [0.717, 1.165) is 15.4 Å². The van der Waals surface area contributed by atoms with Gasteiger partial charge in [0.2, 0.25) is 11.8 Å². The van der Waals surface area contributed by atoms with Crippen LogP contribution < -0.4 is 4.90 Å². The predicted octanol–water partition coefficient (Wildman–Crippen LogP) is 4.87. The molecule has 6 atom stereocenters. The van der Waals surface area contributed by atoms with Crippen molar-refractivity contribution in [1.82, 2.24) is 4.90 Å². The summed E-state index contributed by atoms with van der Waals surface area (Å²) in [4.78, 5) is 43.2. The van der Waals surface area contributed by atoms with Crippen molar-refractivity contribution in [3.8, 4) is 0 Å². The molecule has 2 aromatic carbocycles. The van der Waals surface area contributed by atoms with Gasteiger partial charge in [0, 0.05) is 20.2 Å². The third-order valence-electron chi connectivity index (χ3n) is 7.51. The lowest BCUT2D eigenvalue weighted by atomic mass is 9.63. The molecule has 3 amide bonds. The molecule has 4 aliphatic carbocycles. The van der Waals surface area contributed by atoms with E-state index in [1.54, 1.807) is 12.1 Å². The van der Waals surface area contributed by atoms with E-state index in [1.807, 2.05) is 36.4 Å². The Morgan fingerprint density at radius 2 is 1.34 bits per heavy atom. The number of hydrogen-bond acceptors (Lipinski definition) is 3. The molecule has 5 aliphatic rings. The number of anilines is 1. The monoisotopic (exact) mass is 554 g/mol. The molecule has 0 spiro atoms. The van der Waals surface area contributed by atoms with Crippen LogP contribution in [0.25, 0.3) is 0 Å². The average Bonchev–Trinajstić information content (AvgIpc) is 3.58. The number of imide groups is 1. The Morgan fingerprint density at radius 1 is 0.844 bits per heavy atom. The van der Waals surface area contributed by atoms with E-state index in [0.29, 0.717) is 23.1 Å². The van der Waals surface area contributed by atoms with Gasteiger partial charge in [0.05, 0.1) is 11.8 Å². The van der Waals surface area contributed by atoms with E-state index in [9.17, 15) is 14.4 Å². The summed E-state index contributed by atoms with van der Waals surface area (Å²) in [5, 5.41) is 0. The van der Waals surface area contributed by atoms with Gasteiger partial charge in [-0.1, -0.05) is 44.0 Å². The van der Waals surface area contributed by atoms with Gasteiger partial charge in [0.15, 0.2) is 0 Å². The molecule has 0 radical (unpaired) electrons. The van der Waals surface area contributed by atoms with Crippen molar-refractivity contribution in [3.05, 3.63) is 75.2 Å². The minimum absolute atomic E-state index is 0.0734. The van der Waals surface area contributed by atoms with E-state index in [-0.39, 0.29) is 48.1 Å². The first kappa shape index (κ1) is 20.4. The fraction of sp³-hybridized carbons (Fsp3) is 0.320. The van der Waals surface area contributed by atoms with Crippen LogP contribution >= 0.6 is 31.9 Å². The van der Waals surface area contributed by atoms with Crippen molar-refractivity contribution in [2.45, 2.75) is 6.42 Å². The summed E-state index contributed by atoms with van der Waals surface area (Å²) >= 11 is 6.83. The highest BCUT2D eigenvalue weighted by Gasteiger charge is 2.67. The summed E-state index contributed by atoms with van der Waals surface area (Å²) in [5.74, 6) is 0.390. The molecule has 0 aromatic heterocycles. The van der Waals surface area contributed by atoms with Gasteiger partial charge < -0.3 is 0 Å². The zero-order valence-corrected chi connectivity index (χ0v) is 20.2. The Hall–Kier alpha value is -2.25. The highest BCUT2D eigenvalue weighted by molar-refractivity contribution is 9.10. The molecule has 32 heavy (non-hydrogen) atoms. The molecule has 6 unspecified atom stereocenters. The van der Waals surface area contributed by atoms with Gasteiger partial charge in [-0.05, 0) is 78.6 Å². The summed E-state index contributed by atoms with van der Waals surface area (Å²) in [6.07, 6.45) is 5.45. The molecule has 2 bridgehead atoms. The van der Waals surface area contributed by atoms with Crippen LogP contribution in [0.3, 0.4) is 0 Å². The number of halogens is 2. The largest absolute Gasteiger partial charge is 0.290 e. The van der Waals surface area contributed by atoms with Crippen LogP contribution in [-0.4, -0.2) is 29.3 Å². The van der Waals surface area contributed by atoms with E-state index < -0.39 is 0 Å². The molecule has 162 valence electrons. The first-order valence-corrected chi connectivity index (χ1v) is 12.4. The molecular weight excluding hydrogens is 536 g/mol. The van der Waals surface area contributed by atoms with Crippen molar-refractivity contribution in [2.24, 2.45) is 35.5 Å². The molecule has 5 nitrogen and oxygen atoms in total. The third kappa shape index (κ3) is 3.05. The lowest BCUT2D eigenvalue weighted by Gasteiger charge is -2.37. The topological polar surface area (TPSA) is 57.7 Å². The molecule has 0 N–H and O–H groups in total. The van der Waals surface area contributed by atoms with Gasteiger partial charge >= 0.3 is 0 Å². The van der Waals surface area contributed by atoms with E-state index in [4.69, 9.17) is 0 Å². The minimum atomic E-state index is -0.268. The van der Waals surface area contributed by atoms with Crippen molar-refractivity contribution in [3.63, 3.8) is 0 Å². The number of hydrogen-bond donors (Lipinski definition) is 0. The van der Waals surface area contributed by atoms with Crippen molar-refractivity contribution in [1.29, 1.82) is 0 Å². The smallest absolute Gasteiger partial charge is 0.259 e. The lowest BCUT2D eigenvalue weighted by molar-refractivity contribution is -0.140. The van der Waals surface area contributed by atoms with Crippen LogP contribution in [0.2, 0.25) is 0 Å². The number of benzene rings is 2. The van der Waals surface area contributed by atoms with E-state index >= 15 is 0 Å². The maximum absolute atomic E-state index is 13.5. The Kier molecular flexibility index (Phi) is 4.70.